The molecule has 1 fully saturated rings. The summed E-state index contributed by atoms with van der Waals surface area (Å²) in [4.78, 5) is 15.5. The molecule has 2 aromatic rings. The van der Waals surface area contributed by atoms with E-state index < -0.39 is 0 Å². The fraction of sp³-hybridized carbons (Fsp3) is 0.381. The van der Waals surface area contributed by atoms with Gasteiger partial charge in [-0.15, -0.1) is 11.3 Å². The van der Waals surface area contributed by atoms with Gasteiger partial charge in [0.2, 0.25) is 0 Å². The van der Waals surface area contributed by atoms with Gasteiger partial charge < -0.3 is 9.64 Å². The summed E-state index contributed by atoms with van der Waals surface area (Å²) in [5.41, 5.74) is 2.12. The summed E-state index contributed by atoms with van der Waals surface area (Å²) in [7, 11) is 0. The van der Waals surface area contributed by atoms with Gasteiger partial charge in [-0.1, -0.05) is 43.2 Å². The van der Waals surface area contributed by atoms with E-state index in [9.17, 15) is 4.79 Å². The molecule has 1 aliphatic heterocycles. The number of carbonyl (C=O) groups excluding carboxylic acids is 1. The lowest BCUT2D eigenvalue weighted by Gasteiger charge is -2.19. The van der Waals surface area contributed by atoms with Gasteiger partial charge in [0.25, 0.3) is 5.91 Å². The molecular formula is C21H25NO2S. The van der Waals surface area contributed by atoms with E-state index in [1.807, 2.05) is 59.7 Å². The van der Waals surface area contributed by atoms with Crippen LogP contribution in [0.25, 0.3) is 6.08 Å². The van der Waals surface area contributed by atoms with Crippen LogP contribution in [-0.2, 0) is 6.61 Å². The summed E-state index contributed by atoms with van der Waals surface area (Å²) < 4.78 is 5.96. The summed E-state index contributed by atoms with van der Waals surface area (Å²) >= 11 is 1.52. The van der Waals surface area contributed by atoms with Crippen LogP contribution in [0.1, 0.15) is 53.4 Å². The topological polar surface area (TPSA) is 29.5 Å². The molecular weight excluding hydrogens is 330 g/mol. The van der Waals surface area contributed by atoms with Crippen molar-refractivity contribution in [2.24, 2.45) is 0 Å². The molecule has 0 atom stereocenters. The number of hydrogen-bond acceptors (Lipinski definition) is 3. The summed E-state index contributed by atoms with van der Waals surface area (Å²) in [6, 6.07) is 9.98. The number of hydrogen-bond donors (Lipinski definition) is 0. The molecule has 25 heavy (non-hydrogen) atoms. The van der Waals surface area contributed by atoms with Crippen molar-refractivity contribution >= 4 is 23.3 Å². The van der Waals surface area contributed by atoms with Crippen molar-refractivity contribution in [3.63, 3.8) is 0 Å². The average Bonchev–Trinajstić information content (AvgIpc) is 2.94. The second kappa shape index (κ2) is 8.86. The largest absolute Gasteiger partial charge is 0.488 e. The van der Waals surface area contributed by atoms with Gasteiger partial charge >= 0.3 is 0 Å². The number of amides is 1. The van der Waals surface area contributed by atoms with E-state index in [4.69, 9.17) is 4.74 Å². The third kappa shape index (κ3) is 4.73. The van der Waals surface area contributed by atoms with Crippen molar-refractivity contribution in [1.82, 2.24) is 4.90 Å². The zero-order valence-corrected chi connectivity index (χ0v) is 15.6. The summed E-state index contributed by atoms with van der Waals surface area (Å²) in [5.74, 6) is 1.04. The highest BCUT2D eigenvalue weighted by Crippen LogP contribution is 2.23. The number of nitrogens with zero attached hydrogens (tertiary/aromatic N) is 1. The lowest BCUT2D eigenvalue weighted by molar-refractivity contribution is 0.0766. The second-order valence-corrected chi connectivity index (χ2v) is 7.26. The molecule has 0 unspecified atom stereocenters. The number of para-hydroxylation sites is 1. The number of ether oxygens (including phenoxy) is 1. The first-order chi connectivity index (χ1) is 12.3. The van der Waals surface area contributed by atoms with Crippen molar-refractivity contribution in [2.75, 3.05) is 13.1 Å². The van der Waals surface area contributed by atoms with E-state index >= 15 is 0 Å². The molecule has 1 aromatic heterocycles. The van der Waals surface area contributed by atoms with E-state index in [2.05, 4.69) is 0 Å². The lowest BCUT2D eigenvalue weighted by atomic mass is 10.2. The first kappa shape index (κ1) is 17.7. The molecule has 0 radical (unpaired) electrons. The smallest absolute Gasteiger partial charge is 0.263 e. The monoisotopic (exact) mass is 355 g/mol. The van der Waals surface area contributed by atoms with Crippen molar-refractivity contribution in [1.29, 1.82) is 0 Å². The molecule has 132 valence electrons. The van der Waals surface area contributed by atoms with Gasteiger partial charge in [0.05, 0.1) is 4.88 Å². The number of likely N-dealkylation sites (tertiary alicyclic amines) is 1. The highest BCUT2D eigenvalue weighted by atomic mass is 32.1. The Morgan fingerprint density at radius 1 is 1.20 bits per heavy atom. The maximum atomic E-state index is 12.7. The molecule has 1 aromatic carbocycles. The minimum Gasteiger partial charge on any atom is -0.488 e. The Morgan fingerprint density at radius 3 is 2.72 bits per heavy atom. The predicted molar refractivity (Wildman–Crippen MR) is 104 cm³/mol. The minimum atomic E-state index is 0.174. The van der Waals surface area contributed by atoms with E-state index in [1.54, 1.807) is 0 Å². The fourth-order valence-electron chi connectivity index (χ4n) is 3.08. The Bertz CT molecular complexity index is 727. The fourth-order valence-corrected chi connectivity index (χ4v) is 3.95. The average molecular weight is 356 g/mol. The molecule has 1 aliphatic rings. The van der Waals surface area contributed by atoms with Crippen molar-refractivity contribution in [3.05, 3.63) is 57.8 Å². The van der Waals surface area contributed by atoms with Gasteiger partial charge in [-0.2, -0.15) is 0 Å². The normalized spacial score (nSPS) is 15.3. The zero-order chi connectivity index (χ0) is 17.5. The zero-order valence-electron chi connectivity index (χ0n) is 14.7. The summed E-state index contributed by atoms with van der Waals surface area (Å²) in [6.45, 7) is 4.26. The molecule has 3 nitrogen and oxygen atoms in total. The number of carbonyl (C=O) groups is 1. The molecule has 3 rings (SSSR count). The molecule has 0 saturated carbocycles. The van der Waals surface area contributed by atoms with Gasteiger partial charge in [0.1, 0.15) is 12.4 Å². The molecule has 0 N–H and O–H groups in total. The van der Waals surface area contributed by atoms with Crippen LogP contribution in [0.5, 0.6) is 5.75 Å². The quantitative estimate of drug-likeness (QED) is 0.721. The molecule has 2 heterocycles. The van der Waals surface area contributed by atoms with Crippen LogP contribution in [0.15, 0.2) is 41.8 Å². The third-order valence-corrected chi connectivity index (χ3v) is 5.38. The molecule has 0 bridgehead atoms. The number of thiophene rings is 1. The SMILES string of the molecule is C/C=C/c1ccccc1OCc1csc(C(=O)N2CCCCCC2)c1. The Morgan fingerprint density at radius 2 is 1.96 bits per heavy atom. The van der Waals surface area contributed by atoms with Crippen LogP contribution >= 0.6 is 11.3 Å². The molecule has 0 aliphatic carbocycles. The van der Waals surface area contributed by atoms with E-state index in [0.717, 1.165) is 47.7 Å². The van der Waals surface area contributed by atoms with Crippen LogP contribution < -0.4 is 4.74 Å². The molecule has 4 heteroatoms. The van der Waals surface area contributed by atoms with Gasteiger partial charge in [0.15, 0.2) is 0 Å². The third-order valence-electron chi connectivity index (χ3n) is 4.42. The summed E-state index contributed by atoms with van der Waals surface area (Å²) in [5, 5.41) is 2.03. The van der Waals surface area contributed by atoms with Gasteiger partial charge in [-0.05, 0) is 37.3 Å². The second-order valence-electron chi connectivity index (χ2n) is 6.35. The number of rotatable bonds is 5. The van der Waals surface area contributed by atoms with Crippen LogP contribution in [0, 0.1) is 0 Å². The Balaban J connectivity index is 1.63. The van der Waals surface area contributed by atoms with Crippen LogP contribution in [0.3, 0.4) is 0 Å². The van der Waals surface area contributed by atoms with E-state index in [1.165, 1.54) is 24.2 Å². The molecule has 0 spiro atoms. The number of allylic oxidation sites excluding steroid dienone is 1. The Kier molecular flexibility index (Phi) is 6.29. The highest BCUT2D eigenvalue weighted by Gasteiger charge is 2.19. The Labute approximate surface area is 153 Å². The maximum absolute atomic E-state index is 12.7. The molecule has 1 amide bonds. The van der Waals surface area contributed by atoms with Gasteiger partial charge in [-0.25, -0.2) is 0 Å². The highest BCUT2D eigenvalue weighted by molar-refractivity contribution is 7.12. The van der Waals surface area contributed by atoms with Gasteiger partial charge in [0, 0.05) is 24.2 Å². The molecule has 1 saturated heterocycles. The predicted octanol–water partition coefficient (Wildman–Crippen LogP) is 5.38. The van der Waals surface area contributed by atoms with Crippen LogP contribution in [0.4, 0.5) is 0 Å². The lowest BCUT2D eigenvalue weighted by Crippen LogP contribution is -2.31. The standard InChI is InChI=1S/C21H25NO2S/c1-2-9-18-10-5-6-11-19(18)24-15-17-14-20(25-16-17)21(23)22-12-7-3-4-8-13-22/h2,5-6,9-11,14,16H,3-4,7-8,12-13,15H2,1H3/b9-2+. The van der Waals surface area contributed by atoms with Crippen LogP contribution in [0.2, 0.25) is 0 Å². The first-order valence-electron chi connectivity index (χ1n) is 8.99. The van der Waals surface area contributed by atoms with E-state index in [0.29, 0.717) is 6.61 Å². The summed E-state index contributed by atoms with van der Waals surface area (Å²) in [6.07, 6.45) is 8.75. The number of benzene rings is 1. The van der Waals surface area contributed by atoms with Crippen molar-refractivity contribution < 1.29 is 9.53 Å². The maximum Gasteiger partial charge on any atom is 0.263 e. The van der Waals surface area contributed by atoms with E-state index in [-0.39, 0.29) is 5.91 Å². The van der Waals surface area contributed by atoms with Crippen LogP contribution in [-0.4, -0.2) is 23.9 Å². The van der Waals surface area contributed by atoms with Gasteiger partial charge in [-0.3, -0.25) is 4.79 Å². The first-order valence-corrected chi connectivity index (χ1v) is 9.87. The van der Waals surface area contributed by atoms with Crippen molar-refractivity contribution in [2.45, 2.75) is 39.2 Å². The van der Waals surface area contributed by atoms with Crippen molar-refractivity contribution in [3.8, 4) is 5.75 Å². The Hall–Kier alpha value is -2.07. The minimum absolute atomic E-state index is 0.174.